The lowest BCUT2D eigenvalue weighted by Gasteiger charge is -2.44. The number of ether oxygens (including phenoxy) is 1. The lowest BCUT2D eigenvalue weighted by atomic mass is 9.86. The third kappa shape index (κ3) is 1.98. The molecule has 1 aromatic carbocycles. The fraction of sp³-hybridized carbons (Fsp3) is 0.625. The van der Waals surface area contributed by atoms with Gasteiger partial charge in [0.1, 0.15) is 5.75 Å². The molecule has 2 aliphatic heterocycles. The number of hydrogen-bond donors (Lipinski definition) is 1. The molecule has 0 saturated carbocycles. The summed E-state index contributed by atoms with van der Waals surface area (Å²) < 4.78 is 5.24. The topological polar surface area (TPSA) is 41.7 Å². The largest absolute Gasteiger partial charge is 0.497 e. The van der Waals surface area contributed by atoms with Crippen LogP contribution in [0.2, 0.25) is 0 Å². The molecule has 110 valence electrons. The van der Waals surface area contributed by atoms with Crippen molar-refractivity contribution < 1.29 is 4.74 Å². The quantitative estimate of drug-likeness (QED) is 0.908. The van der Waals surface area contributed by atoms with Gasteiger partial charge in [0, 0.05) is 31.9 Å². The van der Waals surface area contributed by atoms with E-state index in [1.54, 1.807) is 7.11 Å². The van der Waals surface area contributed by atoms with E-state index in [-0.39, 0.29) is 5.54 Å². The van der Waals surface area contributed by atoms with Gasteiger partial charge in [0.25, 0.3) is 0 Å². The highest BCUT2D eigenvalue weighted by atomic mass is 16.5. The Kier molecular flexibility index (Phi) is 3.61. The molecule has 2 unspecified atom stereocenters. The first-order valence-electron chi connectivity index (χ1n) is 7.53. The molecule has 1 aromatic rings. The van der Waals surface area contributed by atoms with Crippen LogP contribution in [-0.4, -0.2) is 50.3 Å². The zero-order valence-electron chi connectivity index (χ0n) is 12.5. The second kappa shape index (κ2) is 5.26. The first-order valence-corrected chi connectivity index (χ1v) is 7.53. The van der Waals surface area contributed by atoms with Crippen molar-refractivity contribution in [3.8, 4) is 5.75 Å². The molecule has 2 heterocycles. The van der Waals surface area contributed by atoms with Crippen molar-refractivity contribution in [2.24, 2.45) is 5.73 Å². The Morgan fingerprint density at radius 2 is 2.10 bits per heavy atom. The highest BCUT2D eigenvalue weighted by Gasteiger charge is 2.50. The molecule has 4 heteroatoms. The van der Waals surface area contributed by atoms with Gasteiger partial charge in [-0.1, -0.05) is 0 Å². The number of fused-ring (bicyclic) bond motifs is 1. The van der Waals surface area contributed by atoms with Gasteiger partial charge in [-0.2, -0.15) is 0 Å². The Hall–Kier alpha value is -1.26. The van der Waals surface area contributed by atoms with Gasteiger partial charge < -0.3 is 15.4 Å². The van der Waals surface area contributed by atoms with E-state index >= 15 is 0 Å². The molecule has 2 aliphatic rings. The van der Waals surface area contributed by atoms with Gasteiger partial charge in [-0.05, 0) is 50.1 Å². The molecule has 0 aliphatic carbocycles. The van der Waals surface area contributed by atoms with Crippen molar-refractivity contribution in [1.29, 1.82) is 0 Å². The van der Waals surface area contributed by atoms with Gasteiger partial charge in [-0.3, -0.25) is 4.90 Å². The van der Waals surface area contributed by atoms with Crippen LogP contribution in [-0.2, 0) is 0 Å². The number of nitrogens with zero attached hydrogens (tertiary/aromatic N) is 2. The maximum Gasteiger partial charge on any atom is 0.119 e. The average Bonchev–Trinajstić information content (AvgIpc) is 3.09. The summed E-state index contributed by atoms with van der Waals surface area (Å²) in [6.07, 6.45) is 3.75. The van der Waals surface area contributed by atoms with E-state index in [2.05, 4.69) is 29.0 Å². The van der Waals surface area contributed by atoms with Crippen LogP contribution in [0.25, 0.3) is 0 Å². The van der Waals surface area contributed by atoms with Crippen LogP contribution in [0.1, 0.15) is 19.3 Å². The highest BCUT2D eigenvalue weighted by molar-refractivity contribution is 5.52. The number of nitrogens with two attached hydrogens (primary N) is 1. The molecular formula is C16H25N3O. The molecular weight excluding hydrogens is 250 g/mol. The van der Waals surface area contributed by atoms with E-state index in [9.17, 15) is 0 Å². The molecule has 20 heavy (non-hydrogen) atoms. The molecule has 3 rings (SSSR count). The SMILES string of the molecule is COc1ccc(N(C)C2(CN)CCN3CCCC32)cc1. The van der Waals surface area contributed by atoms with Gasteiger partial charge in [-0.25, -0.2) is 0 Å². The van der Waals surface area contributed by atoms with Crippen molar-refractivity contribution >= 4 is 5.69 Å². The molecule has 0 spiro atoms. The van der Waals surface area contributed by atoms with E-state index in [1.165, 1.54) is 31.6 Å². The van der Waals surface area contributed by atoms with Gasteiger partial charge >= 0.3 is 0 Å². The van der Waals surface area contributed by atoms with Gasteiger partial charge in [0.2, 0.25) is 0 Å². The summed E-state index contributed by atoms with van der Waals surface area (Å²) in [5.74, 6) is 0.901. The summed E-state index contributed by atoms with van der Waals surface area (Å²) >= 11 is 0. The standard InChI is InChI=1S/C16H25N3O/c1-18(13-5-7-14(20-2)8-6-13)16(12-17)9-11-19-10-3-4-15(16)19/h5-8,15H,3-4,9-12,17H2,1-2H3. The molecule has 0 amide bonds. The number of likely N-dealkylation sites (N-methyl/N-ethyl adjacent to an activating group) is 1. The zero-order chi connectivity index (χ0) is 14.2. The van der Waals surface area contributed by atoms with E-state index in [4.69, 9.17) is 10.5 Å². The smallest absolute Gasteiger partial charge is 0.119 e. The molecule has 2 saturated heterocycles. The minimum Gasteiger partial charge on any atom is -0.497 e. The Morgan fingerprint density at radius 3 is 2.75 bits per heavy atom. The average molecular weight is 275 g/mol. The van der Waals surface area contributed by atoms with Crippen LogP contribution in [0, 0.1) is 0 Å². The van der Waals surface area contributed by atoms with Crippen molar-refractivity contribution in [3.63, 3.8) is 0 Å². The maximum absolute atomic E-state index is 6.23. The van der Waals surface area contributed by atoms with Crippen LogP contribution in [0.5, 0.6) is 5.75 Å². The normalized spacial score (nSPS) is 29.4. The molecule has 2 N–H and O–H groups in total. The maximum atomic E-state index is 6.23. The summed E-state index contributed by atoms with van der Waals surface area (Å²) in [6, 6.07) is 8.93. The first-order chi connectivity index (χ1) is 9.71. The van der Waals surface area contributed by atoms with Crippen LogP contribution in [0.4, 0.5) is 5.69 Å². The summed E-state index contributed by atoms with van der Waals surface area (Å²) in [7, 11) is 3.89. The monoisotopic (exact) mass is 275 g/mol. The number of benzene rings is 1. The summed E-state index contributed by atoms with van der Waals surface area (Å²) in [4.78, 5) is 5.02. The zero-order valence-corrected chi connectivity index (χ0v) is 12.5. The van der Waals surface area contributed by atoms with Crippen molar-refractivity contribution in [3.05, 3.63) is 24.3 Å². The lowest BCUT2D eigenvalue weighted by molar-refractivity contribution is 0.262. The third-order valence-corrected chi connectivity index (χ3v) is 5.30. The molecule has 2 fully saturated rings. The van der Waals surface area contributed by atoms with Crippen LogP contribution >= 0.6 is 0 Å². The first kappa shape index (κ1) is 13.7. The van der Waals surface area contributed by atoms with Crippen molar-refractivity contribution in [1.82, 2.24) is 4.90 Å². The van der Waals surface area contributed by atoms with E-state index in [0.29, 0.717) is 6.04 Å². The highest BCUT2D eigenvalue weighted by Crippen LogP contribution is 2.41. The predicted octanol–water partition coefficient (Wildman–Crippen LogP) is 1.70. The minimum atomic E-state index is 0.0884. The molecule has 0 radical (unpaired) electrons. The summed E-state index contributed by atoms with van der Waals surface area (Å²) in [5.41, 5.74) is 7.54. The van der Waals surface area contributed by atoms with Crippen LogP contribution in [0.3, 0.4) is 0 Å². The van der Waals surface area contributed by atoms with E-state index in [0.717, 1.165) is 18.7 Å². The molecule has 0 bridgehead atoms. The molecule has 0 aromatic heterocycles. The van der Waals surface area contributed by atoms with Crippen LogP contribution in [0.15, 0.2) is 24.3 Å². The third-order valence-electron chi connectivity index (χ3n) is 5.30. The fourth-order valence-electron chi connectivity index (χ4n) is 4.04. The molecule has 2 atom stereocenters. The Morgan fingerprint density at radius 1 is 1.35 bits per heavy atom. The van der Waals surface area contributed by atoms with E-state index < -0.39 is 0 Å². The fourth-order valence-corrected chi connectivity index (χ4v) is 4.04. The number of hydrogen-bond acceptors (Lipinski definition) is 4. The van der Waals surface area contributed by atoms with Crippen LogP contribution < -0.4 is 15.4 Å². The van der Waals surface area contributed by atoms with Gasteiger partial charge in [0.05, 0.1) is 12.6 Å². The summed E-state index contributed by atoms with van der Waals surface area (Å²) in [5, 5.41) is 0. The Balaban J connectivity index is 1.88. The number of rotatable bonds is 4. The van der Waals surface area contributed by atoms with Crippen molar-refractivity contribution in [2.45, 2.75) is 30.8 Å². The van der Waals surface area contributed by atoms with Gasteiger partial charge in [-0.15, -0.1) is 0 Å². The molecule has 4 nitrogen and oxygen atoms in total. The summed E-state index contributed by atoms with van der Waals surface area (Å²) in [6.45, 7) is 3.14. The minimum absolute atomic E-state index is 0.0884. The lowest BCUT2D eigenvalue weighted by Crippen LogP contribution is -2.58. The number of anilines is 1. The van der Waals surface area contributed by atoms with Crippen molar-refractivity contribution in [2.75, 3.05) is 38.7 Å². The second-order valence-electron chi connectivity index (χ2n) is 6.01. The van der Waals surface area contributed by atoms with E-state index in [1.807, 2.05) is 12.1 Å². The second-order valence-corrected chi connectivity index (χ2v) is 6.01. The Bertz CT molecular complexity index is 461. The Labute approximate surface area is 121 Å². The predicted molar refractivity (Wildman–Crippen MR) is 82.4 cm³/mol. The van der Waals surface area contributed by atoms with Gasteiger partial charge in [0.15, 0.2) is 0 Å². The number of methoxy groups -OCH3 is 1.